The van der Waals surface area contributed by atoms with Gasteiger partial charge in [-0.3, -0.25) is 9.59 Å². The fourth-order valence-corrected chi connectivity index (χ4v) is 3.06. The Hall–Kier alpha value is -3.66. The van der Waals surface area contributed by atoms with E-state index in [9.17, 15) is 9.59 Å². The van der Waals surface area contributed by atoms with Crippen molar-refractivity contribution in [3.63, 3.8) is 0 Å². The van der Waals surface area contributed by atoms with Gasteiger partial charge in [0, 0.05) is 18.7 Å². The number of carbonyl (C=O) groups is 2. The summed E-state index contributed by atoms with van der Waals surface area (Å²) in [4.78, 5) is 26.4. The summed E-state index contributed by atoms with van der Waals surface area (Å²) in [6.45, 7) is 2.16. The highest BCUT2D eigenvalue weighted by Crippen LogP contribution is 2.29. The molecule has 2 amide bonds. The summed E-state index contributed by atoms with van der Waals surface area (Å²) in [6, 6.07) is 9.85. The number of methoxy groups -OCH3 is 1. The molecule has 0 bridgehead atoms. The van der Waals surface area contributed by atoms with E-state index in [0.717, 1.165) is 0 Å². The monoisotopic (exact) mass is 412 g/mol. The summed E-state index contributed by atoms with van der Waals surface area (Å²) in [6.07, 6.45) is 0. The predicted molar refractivity (Wildman–Crippen MR) is 106 cm³/mol. The van der Waals surface area contributed by atoms with E-state index in [1.54, 1.807) is 41.3 Å². The molecule has 10 nitrogen and oxygen atoms in total. The molecule has 1 aromatic heterocycles. The number of hydrogen-bond acceptors (Lipinski definition) is 8. The van der Waals surface area contributed by atoms with E-state index in [4.69, 9.17) is 18.8 Å². The average Bonchev–Trinajstić information content (AvgIpc) is 3.29. The molecular weight excluding hydrogens is 392 g/mol. The van der Waals surface area contributed by atoms with Gasteiger partial charge >= 0.3 is 0 Å². The van der Waals surface area contributed by atoms with Crippen LogP contribution in [0.2, 0.25) is 0 Å². The van der Waals surface area contributed by atoms with Crippen LogP contribution in [0.4, 0.5) is 5.69 Å². The van der Waals surface area contributed by atoms with E-state index < -0.39 is 0 Å². The van der Waals surface area contributed by atoms with Crippen LogP contribution in [0.25, 0.3) is 11.0 Å². The molecule has 2 aromatic carbocycles. The normalized spacial score (nSPS) is 13.8. The minimum atomic E-state index is -0.333. The second-order valence-electron chi connectivity index (χ2n) is 6.54. The molecule has 1 aliphatic heterocycles. The number of nitrogens with one attached hydrogen (secondary N) is 1. The van der Waals surface area contributed by atoms with Gasteiger partial charge in [-0.15, -0.1) is 0 Å². The van der Waals surface area contributed by atoms with Gasteiger partial charge in [0.25, 0.3) is 11.8 Å². The zero-order valence-electron chi connectivity index (χ0n) is 16.3. The number of benzene rings is 2. The van der Waals surface area contributed by atoms with E-state index in [2.05, 4.69) is 15.6 Å². The Morgan fingerprint density at radius 2 is 1.80 bits per heavy atom. The summed E-state index contributed by atoms with van der Waals surface area (Å²) in [7, 11) is 1.51. The summed E-state index contributed by atoms with van der Waals surface area (Å²) >= 11 is 0. The standard InChI is InChI=1S/C20H20N4O6/c1-27-16-7-6-15(18-19(16)23-30-22-18)21-20(26)13-2-4-14(5-3-13)29-12-17(25)24-8-10-28-11-9-24/h2-7H,8-12H2,1H3,(H,21,26). The lowest BCUT2D eigenvalue weighted by molar-refractivity contribution is -0.137. The first kappa shape index (κ1) is 19.6. The van der Waals surface area contributed by atoms with Gasteiger partial charge in [-0.2, -0.15) is 0 Å². The van der Waals surface area contributed by atoms with Gasteiger partial charge in [0.2, 0.25) is 0 Å². The molecule has 30 heavy (non-hydrogen) atoms. The number of nitrogens with zero attached hydrogens (tertiary/aromatic N) is 3. The van der Waals surface area contributed by atoms with Gasteiger partial charge in [-0.05, 0) is 46.7 Å². The molecule has 0 radical (unpaired) electrons. The van der Waals surface area contributed by atoms with Crippen LogP contribution < -0.4 is 14.8 Å². The topological polar surface area (TPSA) is 116 Å². The molecule has 1 saturated heterocycles. The highest BCUT2D eigenvalue weighted by Gasteiger charge is 2.18. The number of rotatable bonds is 6. The van der Waals surface area contributed by atoms with Gasteiger partial charge < -0.3 is 24.4 Å². The van der Waals surface area contributed by atoms with Crippen LogP contribution in [-0.2, 0) is 9.53 Å². The van der Waals surface area contributed by atoms with Crippen molar-refractivity contribution in [2.75, 3.05) is 45.3 Å². The Bertz CT molecular complexity index is 1040. The third kappa shape index (κ3) is 4.18. The second-order valence-corrected chi connectivity index (χ2v) is 6.54. The quantitative estimate of drug-likeness (QED) is 0.651. The summed E-state index contributed by atoms with van der Waals surface area (Å²) < 4.78 is 20.7. The first-order valence-corrected chi connectivity index (χ1v) is 9.34. The molecule has 1 N–H and O–H groups in total. The molecule has 0 spiro atoms. The number of amides is 2. The third-order valence-corrected chi connectivity index (χ3v) is 4.69. The largest absolute Gasteiger partial charge is 0.494 e. The van der Waals surface area contributed by atoms with Crippen molar-refractivity contribution in [3.8, 4) is 11.5 Å². The molecule has 1 fully saturated rings. The number of anilines is 1. The van der Waals surface area contributed by atoms with Crippen molar-refractivity contribution in [2.45, 2.75) is 0 Å². The lowest BCUT2D eigenvalue weighted by atomic mass is 10.2. The number of fused-ring (bicyclic) bond motifs is 1. The molecule has 4 rings (SSSR count). The maximum absolute atomic E-state index is 12.6. The molecular formula is C20H20N4O6. The molecule has 3 aromatic rings. The zero-order chi connectivity index (χ0) is 20.9. The number of hydrogen-bond donors (Lipinski definition) is 1. The van der Waals surface area contributed by atoms with E-state index in [0.29, 0.717) is 60.1 Å². The van der Waals surface area contributed by atoms with E-state index >= 15 is 0 Å². The molecule has 0 atom stereocenters. The van der Waals surface area contributed by atoms with Crippen LogP contribution in [0.3, 0.4) is 0 Å². The van der Waals surface area contributed by atoms with Crippen LogP contribution in [0, 0.1) is 0 Å². The maximum atomic E-state index is 12.6. The highest BCUT2D eigenvalue weighted by molar-refractivity contribution is 6.08. The molecule has 2 heterocycles. The lowest BCUT2D eigenvalue weighted by Gasteiger charge is -2.26. The fourth-order valence-electron chi connectivity index (χ4n) is 3.06. The van der Waals surface area contributed by atoms with E-state index in [-0.39, 0.29) is 18.4 Å². The predicted octanol–water partition coefficient (Wildman–Crippen LogP) is 1.72. The van der Waals surface area contributed by atoms with Crippen LogP contribution in [0.1, 0.15) is 10.4 Å². The number of ether oxygens (including phenoxy) is 3. The van der Waals surface area contributed by atoms with Crippen molar-refractivity contribution >= 4 is 28.5 Å². The first-order valence-electron chi connectivity index (χ1n) is 9.34. The number of carbonyl (C=O) groups excluding carboxylic acids is 2. The van der Waals surface area contributed by atoms with Gasteiger partial charge in [0.05, 0.1) is 26.0 Å². The Balaban J connectivity index is 1.37. The highest BCUT2D eigenvalue weighted by atomic mass is 16.6. The molecule has 0 unspecified atom stereocenters. The van der Waals surface area contributed by atoms with Gasteiger partial charge in [0.15, 0.2) is 23.4 Å². The zero-order valence-corrected chi connectivity index (χ0v) is 16.3. The van der Waals surface area contributed by atoms with Crippen molar-refractivity contribution in [3.05, 3.63) is 42.0 Å². The smallest absolute Gasteiger partial charge is 0.260 e. The van der Waals surface area contributed by atoms with Crippen molar-refractivity contribution < 1.29 is 28.4 Å². The van der Waals surface area contributed by atoms with Crippen LogP contribution in [0.5, 0.6) is 11.5 Å². The Morgan fingerprint density at radius 3 is 2.53 bits per heavy atom. The van der Waals surface area contributed by atoms with Crippen molar-refractivity contribution in [1.82, 2.24) is 15.2 Å². The fraction of sp³-hybridized carbons (Fsp3) is 0.300. The molecule has 0 aliphatic carbocycles. The average molecular weight is 412 g/mol. The molecule has 156 valence electrons. The SMILES string of the molecule is COc1ccc(NC(=O)c2ccc(OCC(=O)N3CCOCC3)cc2)c2nonc12. The van der Waals surface area contributed by atoms with Gasteiger partial charge in [0.1, 0.15) is 5.75 Å². The van der Waals surface area contributed by atoms with Gasteiger partial charge in [-0.1, -0.05) is 0 Å². The summed E-state index contributed by atoms with van der Waals surface area (Å²) in [5, 5.41) is 10.4. The Kier molecular flexibility index (Phi) is 5.75. The van der Waals surface area contributed by atoms with Crippen LogP contribution >= 0.6 is 0 Å². The molecule has 1 aliphatic rings. The first-order chi connectivity index (χ1) is 14.7. The summed E-state index contributed by atoms with van der Waals surface area (Å²) in [5.41, 5.74) is 1.68. The number of morpholine rings is 1. The number of aromatic nitrogens is 2. The van der Waals surface area contributed by atoms with E-state index in [1.165, 1.54) is 7.11 Å². The Morgan fingerprint density at radius 1 is 1.07 bits per heavy atom. The second kappa shape index (κ2) is 8.78. The molecule has 10 heteroatoms. The van der Waals surface area contributed by atoms with Crippen LogP contribution in [0.15, 0.2) is 41.0 Å². The van der Waals surface area contributed by atoms with Crippen LogP contribution in [-0.4, -0.2) is 67.0 Å². The molecule has 0 saturated carbocycles. The summed E-state index contributed by atoms with van der Waals surface area (Å²) in [5.74, 6) is 0.573. The third-order valence-electron chi connectivity index (χ3n) is 4.69. The maximum Gasteiger partial charge on any atom is 0.260 e. The lowest BCUT2D eigenvalue weighted by Crippen LogP contribution is -2.42. The van der Waals surface area contributed by atoms with E-state index in [1.807, 2.05) is 0 Å². The van der Waals surface area contributed by atoms with Crippen molar-refractivity contribution in [1.29, 1.82) is 0 Å². The van der Waals surface area contributed by atoms with Crippen molar-refractivity contribution in [2.24, 2.45) is 0 Å². The minimum Gasteiger partial charge on any atom is -0.494 e. The van der Waals surface area contributed by atoms with Gasteiger partial charge in [-0.25, -0.2) is 4.63 Å². The minimum absolute atomic E-state index is 0.0610. The Labute approximate surface area is 171 Å².